The Morgan fingerprint density at radius 2 is 1.73 bits per heavy atom. The van der Waals surface area contributed by atoms with E-state index in [9.17, 15) is 24.6 Å². The molecule has 5 rings (SSSR count). The summed E-state index contributed by atoms with van der Waals surface area (Å²) >= 11 is 0. The first-order valence-corrected chi connectivity index (χ1v) is 14.0. The van der Waals surface area contributed by atoms with Gasteiger partial charge >= 0.3 is 11.9 Å². The maximum Gasteiger partial charge on any atom is 0.338 e. The van der Waals surface area contributed by atoms with E-state index < -0.39 is 70.4 Å². The van der Waals surface area contributed by atoms with Crippen LogP contribution in [0.5, 0.6) is 0 Å². The minimum Gasteiger partial charge on any atom is -0.455 e. The Bertz CT molecular complexity index is 1270. The Morgan fingerprint density at radius 3 is 2.27 bits per heavy atom. The lowest BCUT2D eigenvalue weighted by atomic mass is 9.44. The zero-order chi connectivity index (χ0) is 30.1. The quantitative estimate of drug-likeness (QED) is 0.400. The van der Waals surface area contributed by atoms with Gasteiger partial charge in [-0.3, -0.25) is 9.59 Å². The van der Waals surface area contributed by atoms with Crippen LogP contribution in [0.4, 0.5) is 0 Å². The predicted molar refractivity (Wildman–Crippen MR) is 145 cm³/mol. The van der Waals surface area contributed by atoms with Crippen LogP contribution in [0.15, 0.2) is 41.5 Å². The van der Waals surface area contributed by atoms with Gasteiger partial charge in [-0.25, -0.2) is 4.79 Å². The molecule has 10 nitrogen and oxygen atoms in total. The number of rotatable bonds is 5. The van der Waals surface area contributed by atoms with Crippen molar-refractivity contribution >= 4 is 17.7 Å². The molecule has 0 spiro atoms. The molecule has 224 valence electrons. The molecular formula is C31H40O10. The third-order valence-corrected chi connectivity index (χ3v) is 10.4. The van der Waals surface area contributed by atoms with Crippen molar-refractivity contribution in [2.75, 3.05) is 20.8 Å². The number of esters is 2. The fraction of sp³-hybridized carbons (Fsp3) is 0.645. The lowest BCUT2D eigenvalue weighted by molar-refractivity contribution is -0.347. The predicted octanol–water partition coefficient (Wildman–Crippen LogP) is 2.39. The highest BCUT2D eigenvalue weighted by Crippen LogP contribution is 2.64. The van der Waals surface area contributed by atoms with Crippen molar-refractivity contribution < 1.29 is 48.3 Å². The molecule has 2 N–H and O–H groups in total. The zero-order valence-corrected chi connectivity index (χ0v) is 24.6. The molecule has 3 aliphatic carbocycles. The highest BCUT2D eigenvalue weighted by Gasteiger charge is 2.78. The minimum atomic E-state index is -1.93. The topological polar surface area (TPSA) is 138 Å². The van der Waals surface area contributed by atoms with E-state index in [4.69, 9.17) is 23.7 Å². The van der Waals surface area contributed by atoms with E-state index in [0.29, 0.717) is 11.1 Å². The summed E-state index contributed by atoms with van der Waals surface area (Å²) in [5.74, 6) is -2.83. The van der Waals surface area contributed by atoms with Crippen LogP contribution in [0.3, 0.4) is 0 Å². The summed E-state index contributed by atoms with van der Waals surface area (Å²) in [6.07, 6.45) is -5.17. The van der Waals surface area contributed by atoms with Crippen molar-refractivity contribution in [2.45, 2.75) is 89.2 Å². The summed E-state index contributed by atoms with van der Waals surface area (Å²) in [5.41, 5.74) is -4.88. The molecule has 0 unspecified atom stereocenters. The highest BCUT2D eigenvalue weighted by atomic mass is 16.6. The molecule has 1 saturated heterocycles. The number of carbonyl (C=O) groups is 3. The minimum absolute atomic E-state index is 0.0704. The molecule has 1 heterocycles. The van der Waals surface area contributed by atoms with Gasteiger partial charge in [0.15, 0.2) is 11.4 Å². The number of benzene rings is 1. The van der Waals surface area contributed by atoms with E-state index in [1.54, 1.807) is 58.0 Å². The molecule has 41 heavy (non-hydrogen) atoms. The Hall–Kier alpha value is -2.63. The zero-order valence-electron chi connectivity index (χ0n) is 24.6. The Kier molecular flexibility index (Phi) is 7.27. The van der Waals surface area contributed by atoms with Gasteiger partial charge in [0.2, 0.25) is 0 Å². The van der Waals surface area contributed by atoms with Gasteiger partial charge < -0.3 is 33.9 Å². The van der Waals surface area contributed by atoms with Gasteiger partial charge in [0.25, 0.3) is 0 Å². The van der Waals surface area contributed by atoms with Gasteiger partial charge in [0, 0.05) is 39.4 Å². The van der Waals surface area contributed by atoms with Gasteiger partial charge in [-0.2, -0.15) is 0 Å². The van der Waals surface area contributed by atoms with Gasteiger partial charge in [0.05, 0.1) is 35.7 Å². The van der Waals surface area contributed by atoms with Crippen LogP contribution in [0.2, 0.25) is 0 Å². The third-order valence-electron chi connectivity index (χ3n) is 10.4. The number of methoxy groups -OCH3 is 2. The lowest BCUT2D eigenvalue weighted by Crippen LogP contribution is -2.82. The van der Waals surface area contributed by atoms with Crippen molar-refractivity contribution in [2.24, 2.45) is 16.7 Å². The maximum absolute atomic E-state index is 14.9. The molecule has 2 bridgehead atoms. The Balaban J connectivity index is 1.84. The molecule has 4 aliphatic rings. The second kappa shape index (κ2) is 9.98. The fourth-order valence-corrected chi connectivity index (χ4v) is 8.17. The summed E-state index contributed by atoms with van der Waals surface area (Å²) in [4.78, 5) is 41.2. The normalized spacial score (nSPS) is 41.2. The summed E-state index contributed by atoms with van der Waals surface area (Å²) in [6, 6.07) is 8.32. The lowest BCUT2D eigenvalue weighted by Gasteiger charge is -2.67. The Labute approximate surface area is 239 Å². The number of hydrogen-bond donors (Lipinski definition) is 2. The van der Waals surface area contributed by atoms with Crippen molar-refractivity contribution in [3.05, 3.63) is 47.0 Å². The number of fused-ring (bicyclic) bond motifs is 5. The van der Waals surface area contributed by atoms with Crippen LogP contribution in [0, 0.1) is 16.7 Å². The number of ether oxygens (including phenoxy) is 5. The number of aliphatic hydroxyl groups excluding tert-OH is 1. The molecule has 1 aromatic rings. The second-order valence-corrected chi connectivity index (χ2v) is 12.6. The number of Topliss-reactive ketones (excluding diaryl/α,β-unsaturated/α-hetero) is 1. The molecule has 0 aromatic heterocycles. The smallest absolute Gasteiger partial charge is 0.338 e. The first kappa shape index (κ1) is 29.8. The van der Waals surface area contributed by atoms with Gasteiger partial charge in [-0.1, -0.05) is 32.0 Å². The first-order chi connectivity index (χ1) is 19.2. The van der Waals surface area contributed by atoms with Gasteiger partial charge in [-0.05, 0) is 37.1 Å². The first-order valence-electron chi connectivity index (χ1n) is 14.0. The average molecular weight is 573 g/mol. The summed E-state index contributed by atoms with van der Waals surface area (Å²) in [7, 11) is 2.89. The standard InChI is InChI=1S/C31H40O10/c1-16-19(33)14-31(36)26(40-27(35)18-11-9-8-10-12-18)24-29(5,25(34)23(38-7)22(16)28(31,3)4)20(37-6)13-21-30(24,15-39-21)41-17(2)32/h8-12,19-21,23-24,26,33,36H,13-15H2,1-7H3/t19-,20-,21+,23+,24-,26-,29+,30-,31+/m1/s1. The van der Waals surface area contributed by atoms with Crippen molar-refractivity contribution in [1.29, 1.82) is 0 Å². The van der Waals surface area contributed by atoms with Crippen LogP contribution in [-0.4, -0.2) is 90.5 Å². The van der Waals surface area contributed by atoms with Crippen LogP contribution < -0.4 is 0 Å². The van der Waals surface area contributed by atoms with Crippen molar-refractivity contribution in [3.8, 4) is 0 Å². The maximum atomic E-state index is 14.9. The van der Waals surface area contributed by atoms with E-state index in [-0.39, 0.29) is 30.8 Å². The SMILES string of the molecule is CO[C@@H]1C(=O)[C@@]2(C)[C@H](OC)C[C@@H]3OC[C@]3(OC(C)=O)[C@@H]2[C@@H](OC(=O)c2ccccc2)[C@@]2(O)C[C@@H](O)C(C)=C1C2(C)C. The number of carbonyl (C=O) groups excluding carboxylic acids is 3. The van der Waals surface area contributed by atoms with Crippen molar-refractivity contribution in [1.82, 2.24) is 0 Å². The molecule has 3 fully saturated rings. The summed E-state index contributed by atoms with van der Waals surface area (Å²) in [5, 5.41) is 24.2. The van der Waals surface area contributed by atoms with Gasteiger partial charge in [0.1, 0.15) is 23.9 Å². The van der Waals surface area contributed by atoms with E-state index in [0.717, 1.165) is 0 Å². The number of ketones is 1. The summed E-state index contributed by atoms with van der Waals surface area (Å²) in [6.45, 7) is 8.13. The molecule has 10 heteroatoms. The molecule has 1 aliphatic heterocycles. The molecule has 0 radical (unpaired) electrons. The molecule has 9 atom stereocenters. The number of aliphatic hydroxyl groups is 2. The van der Waals surface area contributed by atoms with Crippen LogP contribution in [-0.2, 0) is 33.3 Å². The van der Waals surface area contributed by atoms with Crippen LogP contribution in [0.25, 0.3) is 0 Å². The third kappa shape index (κ3) is 3.98. The van der Waals surface area contributed by atoms with E-state index >= 15 is 0 Å². The molecule has 1 aromatic carbocycles. The fourth-order valence-electron chi connectivity index (χ4n) is 8.17. The van der Waals surface area contributed by atoms with Crippen molar-refractivity contribution in [3.63, 3.8) is 0 Å². The molecular weight excluding hydrogens is 532 g/mol. The Morgan fingerprint density at radius 1 is 1.07 bits per heavy atom. The molecule has 0 amide bonds. The molecule has 2 saturated carbocycles. The largest absolute Gasteiger partial charge is 0.455 e. The van der Waals surface area contributed by atoms with Crippen LogP contribution in [0.1, 0.15) is 57.8 Å². The summed E-state index contributed by atoms with van der Waals surface area (Å²) < 4.78 is 30.1. The monoisotopic (exact) mass is 572 g/mol. The van der Waals surface area contributed by atoms with Crippen LogP contribution >= 0.6 is 0 Å². The van der Waals surface area contributed by atoms with E-state index in [1.165, 1.54) is 21.1 Å². The van der Waals surface area contributed by atoms with E-state index in [2.05, 4.69) is 0 Å². The highest BCUT2D eigenvalue weighted by molar-refractivity contribution is 5.94. The second-order valence-electron chi connectivity index (χ2n) is 12.6. The average Bonchev–Trinajstić information content (AvgIpc) is 2.91. The van der Waals surface area contributed by atoms with Gasteiger partial charge in [-0.15, -0.1) is 0 Å². The number of hydrogen-bond acceptors (Lipinski definition) is 10. The van der Waals surface area contributed by atoms with E-state index in [1.807, 2.05) is 0 Å².